The minimum Gasteiger partial charge on any atom is -0.507 e. The fourth-order valence-electron chi connectivity index (χ4n) is 1.04. The van der Waals surface area contributed by atoms with Gasteiger partial charge in [0, 0.05) is 19.1 Å². The predicted molar refractivity (Wildman–Crippen MR) is 52.3 cm³/mol. The van der Waals surface area contributed by atoms with Crippen LogP contribution in [0.15, 0.2) is 18.2 Å². The standard InChI is InChI=1S/C10H12O5/c11-4-1-5-15-7-2-3-8(10(13)14)9(12)6-7/h2-3,6,11-12H,1,4-5H2,(H,13,14). The number of rotatable bonds is 5. The van der Waals surface area contributed by atoms with Gasteiger partial charge in [0.25, 0.3) is 0 Å². The molecular weight excluding hydrogens is 200 g/mol. The van der Waals surface area contributed by atoms with Crippen molar-refractivity contribution in [2.45, 2.75) is 6.42 Å². The Morgan fingerprint density at radius 3 is 2.67 bits per heavy atom. The van der Waals surface area contributed by atoms with E-state index in [1.165, 1.54) is 18.2 Å². The normalized spacial score (nSPS) is 9.93. The van der Waals surface area contributed by atoms with Crippen LogP contribution in [-0.4, -0.2) is 34.5 Å². The Hall–Kier alpha value is -1.75. The topological polar surface area (TPSA) is 87.0 Å². The molecule has 82 valence electrons. The number of phenols is 1. The van der Waals surface area contributed by atoms with Gasteiger partial charge in [-0.1, -0.05) is 0 Å². The van der Waals surface area contributed by atoms with E-state index in [4.69, 9.17) is 14.9 Å². The van der Waals surface area contributed by atoms with E-state index in [-0.39, 0.29) is 17.9 Å². The van der Waals surface area contributed by atoms with Crippen LogP contribution in [0.4, 0.5) is 0 Å². The van der Waals surface area contributed by atoms with E-state index in [0.29, 0.717) is 18.8 Å². The smallest absolute Gasteiger partial charge is 0.339 e. The molecule has 0 spiro atoms. The lowest BCUT2D eigenvalue weighted by atomic mass is 10.2. The molecule has 0 amide bonds. The number of ether oxygens (including phenoxy) is 1. The number of benzene rings is 1. The summed E-state index contributed by atoms with van der Waals surface area (Å²) in [6, 6.07) is 3.97. The van der Waals surface area contributed by atoms with Crippen molar-refractivity contribution in [1.29, 1.82) is 0 Å². The summed E-state index contributed by atoms with van der Waals surface area (Å²) in [6.07, 6.45) is 0.488. The highest BCUT2D eigenvalue weighted by Gasteiger charge is 2.09. The van der Waals surface area contributed by atoms with Gasteiger partial charge in [0.05, 0.1) is 6.61 Å². The van der Waals surface area contributed by atoms with E-state index < -0.39 is 5.97 Å². The molecule has 0 fully saturated rings. The molecule has 0 atom stereocenters. The fraction of sp³-hybridized carbons (Fsp3) is 0.300. The molecule has 1 aromatic rings. The molecule has 15 heavy (non-hydrogen) atoms. The van der Waals surface area contributed by atoms with E-state index in [1.54, 1.807) is 0 Å². The van der Waals surface area contributed by atoms with Crippen molar-refractivity contribution in [3.8, 4) is 11.5 Å². The molecule has 3 N–H and O–H groups in total. The Morgan fingerprint density at radius 1 is 1.40 bits per heavy atom. The Morgan fingerprint density at radius 2 is 2.13 bits per heavy atom. The van der Waals surface area contributed by atoms with E-state index in [1.807, 2.05) is 0 Å². The van der Waals surface area contributed by atoms with Crippen molar-refractivity contribution in [3.63, 3.8) is 0 Å². The summed E-state index contributed by atoms with van der Waals surface area (Å²) in [5, 5.41) is 26.5. The third kappa shape index (κ3) is 3.14. The minimum absolute atomic E-state index is 0.0270. The van der Waals surface area contributed by atoms with Crippen molar-refractivity contribution in [2.75, 3.05) is 13.2 Å². The van der Waals surface area contributed by atoms with Crippen molar-refractivity contribution < 1.29 is 24.9 Å². The molecular formula is C10H12O5. The summed E-state index contributed by atoms with van der Waals surface area (Å²) >= 11 is 0. The molecule has 0 aliphatic rings. The van der Waals surface area contributed by atoms with Crippen molar-refractivity contribution in [1.82, 2.24) is 0 Å². The molecule has 5 nitrogen and oxygen atoms in total. The van der Waals surface area contributed by atoms with Gasteiger partial charge < -0.3 is 20.1 Å². The van der Waals surface area contributed by atoms with Crippen LogP contribution in [-0.2, 0) is 0 Å². The number of hydrogen-bond acceptors (Lipinski definition) is 4. The monoisotopic (exact) mass is 212 g/mol. The molecule has 0 aliphatic carbocycles. The molecule has 0 aromatic heterocycles. The Balaban J connectivity index is 2.69. The van der Waals surface area contributed by atoms with Crippen molar-refractivity contribution >= 4 is 5.97 Å². The van der Waals surface area contributed by atoms with Gasteiger partial charge in [0.15, 0.2) is 0 Å². The molecule has 0 aliphatic heterocycles. The number of carboxylic acids is 1. The largest absolute Gasteiger partial charge is 0.507 e. The van der Waals surface area contributed by atoms with Gasteiger partial charge in [-0.3, -0.25) is 0 Å². The number of carbonyl (C=O) groups is 1. The van der Waals surface area contributed by atoms with E-state index >= 15 is 0 Å². The first kappa shape index (κ1) is 11.3. The Bertz CT molecular complexity index is 348. The van der Waals surface area contributed by atoms with Crippen molar-refractivity contribution in [3.05, 3.63) is 23.8 Å². The van der Waals surface area contributed by atoms with Gasteiger partial charge in [-0.2, -0.15) is 0 Å². The van der Waals surface area contributed by atoms with E-state index in [0.717, 1.165) is 0 Å². The number of aromatic carboxylic acids is 1. The van der Waals surface area contributed by atoms with Crippen LogP contribution in [0.5, 0.6) is 11.5 Å². The summed E-state index contributed by atoms with van der Waals surface area (Å²) in [6.45, 7) is 0.349. The maximum Gasteiger partial charge on any atom is 0.339 e. The zero-order valence-corrected chi connectivity index (χ0v) is 8.01. The first-order valence-electron chi connectivity index (χ1n) is 4.45. The molecule has 0 unspecified atom stereocenters. The summed E-state index contributed by atoms with van der Waals surface area (Å²) in [4.78, 5) is 10.6. The summed E-state index contributed by atoms with van der Waals surface area (Å²) in [5.74, 6) is -1.13. The Kier molecular flexibility index (Phi) is 3.93. The zero-order valence-electron chi connectivity index (χ0n) is 8.01. The lowest BCUT2D eigenvalue weighted by molar-refractivity contribution is 0.0693. The number of carboxylic acid groups (broad SMARTS) is 1. The van der Waals surface area contributed by atoms with Crippen LogP contribution in [0.1, 0.15) is 16.8 Å². The maximum absolute atomic E-state index is 10.6. The highest BCUT2D eigenvalue weighted by atomic mass is 16.5. The van der Waals surface area contributed by atoms with E-state index in [2.05, 4.69) is 0 Å². The van der Waals surface area contributed by atoms with Crippen LogP contribution in [0.25, 0.3) is 0 Å². The third-order valence-electron chi connectivity index (χ3n) is 1.77. The third-order valence-corrected chi connectivity index (χ3v) is 1.77. The SMILES string of the molecule is O=C(O)c1ccc(OCCCO)cc1O. The molecule has 0 heterocycles. The number of aliphatic hydroxyl groups is 1. The minimum atomic E-state index is -1.19. The zero-order chi connectivity index (χ0) is 11.3. The molecule has 0 saturated heterocycles. The summed E-state index contributed by atoms with van der Waals surface area (Å²) < 4.78 is 5.15. The van der Waals surface area contributed by atoms with Gasteiger partial charge in [0.1, 0.15) is 17.1 Å². The molecule has 0 bridgehead atoms. The average Bonchev–Trinajstić information content (AvgIpc) is 2.17. The van der Waals surface area contributed by atoms with Crippen LogP contribution < -0.4 is 4.74 Å². The first-order chi connectivity index (χ1) is 7.15. The lowest BCUT2D eigenvalue weighted by Gasteiger charge is -2.06. The average molecular weight is 212 g/mol. The quantitative estimate of drug-likeness (QED) is 0.630. The van der Waals surface area contributed by atoms with Gasteiger partial charge in [-0.05, 0) is 12.1 Å². The van der Waals surface area contributed by atoms with Crippen LogP contribution in [0, 0.1) is 0 Å². The van der Waals surface area contributed by atoms with Crippen molar-refractivity contribution in [2.24, 2.45) is 0 Å². The second-order valence-corrected chi connectivity index (χ2v) is 2.91. The first-order valence-corrected chi connectivity index (χ1v) is 4.45. The molecule has 5 heteroatoms. The van der Waals surface area contributed by atoms with Gasteiger partial charge in [-0.15, -0.1) is 0 Å². The van der Waals surface area contributed by atoms with Crippen LogP contribution in [0.2, 0.25) is 0 Å². The number of aromatic hydroxyl groups is 1. The van der Waals surface area contributed by atoms with E-state index in [9.17, 15) is 9.90 Å². The predicted octanol–water partition coefficient (Wildman–Crippen LogP) is 0.852. The summed E-state index contributed by atoms with van der Waals surface area (Å²) in [5.41, 5.74) is -0.162. The highest BCUT2D eigenvalue weighted by molar-refractivity contribution is 5.90. The van der Waals surface area contributed by atoms with Gasteiger partial charge in [-0.25, -0.2) is 4.79 Å². The molecule has 1 rings (SSSR count). The molecule has 0 saturated carbocycles. The summed E-state index contributed by atoms with van der Waals surface area (Å²) in [7, 11) is 0. The fourth-order valence-corrected chi connectivity index (χ4v) is 1.04. The maximum atomic E-state index is 10.6. The molecule has 0 radical (unpaired) electrons. The Labute approximate surface area is 86.5 Å². The second-order valence-electron chi connectivity index (χ2n) is 2.91. The van der Waals surface area contributed by atoms with Crippen LogP contribution >= 0.6 is 0 Å². The highest BCUT2D eigenvalue weighted by Crippen LogP contribution is 2.23. The van der Waals surface area contributed by atoms with Gasteiger partial charge in [0.2, 0.25) is 0 Å². The van der Waals surface area contributed by atoms with Crippen LogP contribution in [0.3, 0.4) is 0 Å². The van der Waals surface area contributed by atoms with Gasteiger partial charge >= 0.3 is 5.97 Å². The number of aliphatic hydroxyl groups excluding tert-OH is 1. The lowest BCUT2D eigenvalue weighted by Crippen LogP contribution is -2.01. The number of hydrogen-bond donors (Lipinski definition) is 3. The second kappa shape index (κ2) is 5.21. The molecule has 1 aromatic carbocycles.